The Balaban J connectivity index is 0.000000791. The van der Waals surface area contributed by atoms with Crippen LogP contribution >= 0.6 is 0 Å². The van der Waals surface area contributed by atoms with Crippen molar-refractivity contribution in [3.05, 3.63) is 119 Å². The van der Waals surface area contributed by atoms with E-state index in [9.17, 15) is 67.7 Å². The molecular formula is C99H160N12O22. The van der Waals surface area contributed by atoms with Gasteiger partial charge >= 0.3 is 29.8 Å². The number of ether oxygens (including phenoxy) is 6. The van der Waals surface area contributed by atoms with E-state index in [0.717, 1.165) is 148 Å². The standard InChI is InChI=1S/C54H60N2O17.5C9H20N2O/c1-30-36(70-50(66)44(71-40(62)28-56(7)39(61)24-17-25-57)42(33-18-11-8-12-19-33)55-48(64)34-20-13-9-14-21-34)27-54(67)47(72-49(65)35-22-15-10-16-23-35)45-52(6,37(60)26-38-53(45,29-68-38)73-32(3)59)46(63)43(69-31(2)58)41(30)51(54,4)5;5*1-8(12)9(11-3)6-4-5-7-10-2/h8-16,18-23,25,36-38,42-45,47,60,67H,17,24,26-29H2,1-7H3,(H,55,64);5*9-11H,4-7H2,1-3H3/t36-,37-,38+,42-,43+,44+,45-,47-,52+,53-,54+;5*9-/m011111/s1. The summed E-state index contributed by atoms with van der Waals surface area (Å²) in [5.41, 5.74) is -7.81. The van der Waals surface area contributed by atoms with E-state index in [-0.39, 0.29) is 113 Å². The number of unbranched alkanes of at least 4 members (excludes halogenated alkanes) is 5. The summed E-state index contributed by atoms with van der Waals surface area (Å²) in [4.78, 5) is 179. The minimum absolute atomic E-state index is 0.0204. The number of amides is 2. The van der Waals surface area contributed by atoms with Gasteiger partial charge in [0, 0.05) is 57.6 Å². The van der Waals surface area contributed by atoms with E-state index in [1.807, 2.05) is 70.5 Å². The van der Waals surface area contributed by atoms with E-state index >= 15 is 9.59 Å². The number of aliphatic hydroxyl groups excluding tert-OH is 1. The third-order valence-electron chi connectivity index (χ3n) is 25.0. The first kappa shape index (κ1) is 120. The van der Waals surface area contributed by atoms with E-state index < -0.39 is 131 Å². The molecule has 34 heteroatoms. The molecule has 3 aromatic carbocycles. The summed E-state index contributed by atoms with van der Waals surface area (Å²) in [5.74, 6) is -7.83. The van der Waals surface area contributed by atoms with Crippen LogP contribution in [0.3, 0.4) is 0 Å². The van der Waals surface area contributed by atoms with Crippen molar-refractivity contribution < 1.29 is 106 Å². The molecule has 13 N–H and O–H groups in total. The molecule has 2 saturated carbocycles. The molecule has 1 heterocycles. The summed E-state index contributed by atoms with van der Waals surface area (Å²) in [6.07, 6.45) is 5.02. The number of Topliss-reactive ketones (excluding diaryl/α,β-unsaturated/α-hetero) is 6. The Bertz CT molecular complexity index is 3930. The molecule has 2 amide bonds. The van der Waals surface area contributed by atoms with Crippen molar-refractivity contribution in [2.75, 3.05) is 123 Å². The molecule has 1 saturated heterocycles. The van der Waals surface area contributed by atoms with Gasteiger partial charge in [-0.1, -0.05) is 113 Å². The fourth-order valence-electron chi connectivity index (χ4n) is 17.1. The molecular weight excluding hydrogens is 1710 g/mol. The van der Waals surface area contributed by atoms with Crippen LogP contribution in [0, 0.1) is 16.7 Å². The van der Waals surface area contributed by atoms with Crippen LogP contribution in [0.5, 0.6) is 0 Å². The molecule has 3 fully saturated rings. The normalized spacial score (nSPS) is 21.5. The number of nitrogens with zero attached hydrogens (tertiary/aromatic N) is 1. The van der Waals surface area contributed by atoms with Crippen molar-refractivity contribution in [1.29, 1.82) is 0 Å². The maximum absolute atomic E-state index is 15.7. The van der Waals surface area contributed by atoms with Crippen molar-refractivity contribution >= 4 is 82.6 Å². The number of carbonyl (C=O) groups excluding carboxylic acids is 14. The van der Waals surface area contributed by atoms with Gasteiger partial charge in [0.25, 0.3) is 5.91 Å². The Hall–Kier alpha value is -9.14. The molecule has 133 heavy (non-hydrogen) atoms. The van der Waals surface area contributed by atoms with Gasteiger partial charge in [-0.15, -0.1) is 0 Å². The number of benzene rings is 3. The van der Waals surface area contributed by atoms with Gasteiger partial charge in [-0.2, -0.15) is 0 Å². The summed E-state index contributed by atoms with van der Waals surface area (Å²) >= 11 is 0. The monoisotopic (exact) mass is 1870 g/mol. The number of rotatable bonds is 51. The van der Waals surface area contributed by atoms with E-state index in [0.29, 0.717) is 6.29 Å². The molecule has 1 aliphatic heterocycles. The Morgan fingerprint density at radius 1 is 0.534 bits per heavy atom. The van der Waals surface area contributed by atoms with Crippen LogP contribution in [-0.4, -0.2) is 299 Å². The number of aldehydes is 1. The van der Waals surface area contributed by atoms with Gasteiger partial charge in [-0.3, -0.25) is 52.7 Å². The molecule has 0 radical (unpaired) electrons. The van der Waals surface area contributed by atoms with Crippen LogP contribution in [0.15, 0.2) is 102 Å². The quantitative estimate of drug-likeness (QED) is 0.00944. The van der Waals surface area contributed by atoms with Crippen LogP contribution < -0.4 is 58.5 Å². The molecule has 748 valence electrons. The summed E-state index contributed by atoms with van der Waals surface area (Å²) in [5, 5.41) is 59.4. The van der Waals surface area contributed by atoms with Gasteiger partial charge < -0.3 is 107 Å². The van der Waals surface area contributed by atoms with E-state index in [2.05, 4.69) is 58.5 Å². The van der Waals surface area contributed by atoms with Gasteiger partial charge in [0.15, 0.2) is 17.5 Å². The SMILES string of the molecule is CC(=O)O[C@H]1C(=O)[C@@]2(C)[C@H]([C@H](OC(=O)c3ccccc3)[C@]3(O)C[C@H](OC(=O)[C@H](OC(=O)CN(C)C(=O)CCC=O)[C@@H](NC(=O)c4ccccc4)c4ccccc4)C(C)=C1C3(C)C)[C@]1(OC(C)=O)CO[C@@H]1C[C@@H]2O.CNCCCC[C@@H](NC)C(C)=O.CNCCCC[C@@H](NC)C(C)=O.CNCCCC[C@@H](NC)C(C)=O.CNCCCC[C@@H](NC)C(C)=O.CNCCCC[C@@H](NC)C(C)=O. The summed E-state index contributed by atoms with van der Waals surface area (Å²) in [6, 6.07) is 22.5. The van der Waals surface area contributed by atoms with Crippen molar-refractivity contribution in [1.82, 2.24) is 63.4 Å². The fraction of sp³-hybridized carbons (Fsp3) is 0.657. The average molecular weight is 1870 g/mol. The Labute approximate surface area is 789 Å². The van der Waals surface area contributed by atoms with E-state index in [4.69, 9.17) is 28.4 Å². The lowest BCUT2D eigenvalue weighted by Crippen LogP contribution is -2.82. The van der Waals surface area contributed by atoms with Crippen LogP contribution in [0.25, 0.3) is 0 Å². The lowest BCUT2D eigenvalue weighted by Gasteiger charge is -2.67. The molecule has 34 nitrogen and oxygen atoms in total. The maximum Gasteiger partial charge on any atom is 0.350 e. The number of fused-ring (bicyclic) bond motifs is 5. The van der Waals surface area contributed by atoms with Gasteiger partial charge in [0.1, 0.15) is 71.7 Å². The third-order valence-corrected chi connectivity index (χ3v) is 25.0. The van der Waals surface area contributed by atoms with Gasteiger partial charge in [0.05, 0.1) is 59.8 Å². The fourth-order valence-corrected chi connectivity index (χ4v) is 17.1. The molecule has 2 bridgehead atoms. The minimum Gasteiger partial charge on any atom is -0.455 e. The second kappa shape index (κ2) is 63.2. The number of ketones is 6. The molecule has 7 rings (SSSR count). The molecule has 0 spiro atoms. The maximum atomic E-state index is 15.7. The van der Waals surface area contributed by atoms with Gasteiger partial charge in [0.2, 0.25) is 12.0 Å². The van der Waals surface area contributed by atoms with Crippen LogP contribution in [0.2, 0.25) is 0 Å². The van der Waals surface area contributed by atoms with E-state index in [1.165, 1.54) is 59.0 Å². The summed E-state index contributed by atoms with van der Waals surface area (Å²) < 4.78 is 36.6. The second-order valence-electron chi connectivity index (χ2n) is 35.0. The summed E-state index contributed by atoms with van der Waals surface area (Å²) in [6.45, 7) is 20.4. The summed E-state index contributed by atoms with van der Waals surface area (Å²) in [7, 11) is 20.2. The van der Waals surface area contributed by atoms with Crippen LogP contribution in [0.4, 0.5) is 0 Å². The highest BCUT2D eigenvalue weighted by Crippen LogP contribution is 2.64. The smallest absolute Gasteiger partial charge is 0.350 e. The number of carbonyl (C=O) groups is 14. The highest BCUT2D eigenvalue weighted by molar-refractivity contribution is 5.97. The van der Waals surface area contributed by atoms with Crippen LogP contribution in [-0.2, 0) is 86.0 Å². The Morgan fingerprint density at radius 2 is 0.925 bits per heavy atom. The Kier molecular flexibility index (Phi) is 57.0. The minimum atomic E-state index is -2.51. The molecule has 0 aromatic heterocycles. The van der Waals surface area contributed by atoms with Crippen molar-refractivity contribution in [3.8, 4) is 0 Å². The second-order valence-corrected chi connectivity index (χ2v) is 35.0. The number of esters is 5. The lowest BCUT2D eigenvalue weighted by molar-refractivity contribution is -0.346. The van der Waals surface area contributed by atoms with Crippen molar-refractivity contribution in [2.45, 2.75) is 282 Å². The number of hydrogen-bond acceptors (Lipinski definition) is 32. The number of aliphatic hydroxyl groups is 2. The van der Waals surface area contributed by atoms with Crippen molar-refractivity contribution in [2.24, 2.45) is 16.7 Å². The predicted molar refractivity (Wildman–Crippen MR) is 511 cm³/mol. The topological polar surface area (TPSA) is 470 Å². The lowest BCUT2D eigenvalue weighted by atomic mass is 9.44. The first-order valence-corrected chi connectivity index (χ1v) is 46.6. The first-order valence-electron chi connectivity index (χ1n) is 46.6. The van der Waals surface area contributed by atoms with Crippen molar-refractivity contribution in [3.63, 3.8) is 0 Å². The average Bonchev–Trinajstić information content (AvgIpc) is 0.667. The zero-order valence-electron chi connectivity index (χ0n) is 83.1. The zero-order chi connectivity index (χ0) is 100. The third kappa shape index (κ3) is 37.8. The molecule has 3 aliphatic carbocycles. The number of likely N-dealkylation sites (N-methyl/N-ethyl adjacent to an activating group) is 6. The largest absolute Gasteiger partial charge is 0.455 e. The Morgan fingerprint density at radius 3 is 1.27 bits per heavy atom. The first-order chi connectivity index (χ1) is 63.1. The van der Waals surface area contributed by atoms with Crippen LogP contribution in [0.1, 0.15) is 230 Å². The molecule has 16 atom stereocenters. The van der Waals surface area contributed by atoms with E-state index in [1.54, 1.807) is 101 Å². The molecule has 0 unspecified atom stereocenters. The zero-order valence-corrected chi connectivity index (χ0v) is 83.1. The highest BCUT2D eigenvalue weighted by Gasteiger charge is 2.78. The number of hydrogen-bond donors (Lipinski definition) is 13. The predicted octanol–water partition coefficient (Wildman–Crippen LogP) is 6.49. The van der Waals surface area contributed by atoms with Gasteiger partial charge in [-0.05, 0) is 257 Å². The molecule has 3 aromatic rings. The number of nitrogens with one attached hydrogen (secondary N) is 11. The highest BCUT2D eigenvalue weighted by atomic mass is 16.6. The van der Waals surface area contributed by atoms with Gasteiger partial charge in [-0.25, -0.2) is 9.59 Å². The molecule has 4 aliphatic rings.